The van der Waals surface area contributed by atoms with Gasteiger partial charge in [-0.3, -0.25) is 9.89 Å². The monoisotopic (exact) mass is 393 g/mol. The van der Waals surface area contributed by atoms with E-state index in [1.807, 2.05) is 12.1 Å². The number of halogens is 1. The molecule has 0 saturated carbocycles. The van der Waals surface area contributed by atoms with E-state index in [0.717, 1.165) is 5.69 Å². The van der Waals surface area contributed by atoms with Crippen molar-refractivity contribution < 1.29 is 0 Å². The van der Waals surface area contributed by atoms with Crippen LogP contribution in [0.2, 0.25) is 5.02 Å². The Morgan fingerprint density at radius 2 is 2.07 bits per heavy atom. The number of nitrogens with one attached hydrogen (secondary N) is 2. The highest BCUT2D eigenvalue weighted by molar-refractivity contribution is 6.30. The van der Waals surface area contributed by atoms with Crippen LogP contribution in [-0.2, 0) is 6.42 Å². The fourth-order valence-corrected chi connectivity index (χ4v) is 3.04. The van der Waals surface area contributed by atoms with Crippen molar-refractivity contribution in [2.45, 2.75) is 6.42 Å². The molecule has 0 aliphatic carbocycles. The first-order valence-corrected chi connectivity index (χ1v) is 8.69. The zero-order valence-corrected chi connectivity index (χ0v) is 15.0. The highest BCUT2D eigenvalue weighted by Crippen LogP contribution is 2.19. The Hall–Kier alpha value is -3.79. The van der Waals surface area contributed by atoms with Crippen LogP contribution < -0.4 is 10.9 Å². The molecule has 10 nitrogen and oxygen atoms in total. The number of nitrogens with zero attached hydrogens (tertiary/aromatic N) is 7. The number of H-pyrrole nitrogens is 1. The summed E-state index contributed by atoms with van der Waals surface area (Å²) in [5.41, 5.74) is 1.59. The fraction of sp³-hybridized carbons (Fsp3) is 0.0588. The molecule has 11 heteroatoms. The highest BCUT2D eigenvalue weighted by atomic mass is 35.5. The summed E-state index contributed by atoms with van der Waals surface area (Å²) in [5.74, 6) is 1.42. The summed E-state index contributed by atoms with van der Waals surface area (Å²) in [6.07, 6.45) is 3.13. The topological polar surface area (TPSA) is 118 Å². The molecule has 5 rings (SSSR count). The standard InChI is InChI=1S/C17H12ClN9O/c18-11-2-1-3-12(7-11)22-13-4-5-14-23-24-15(26(14)25-13)6-10-8-19-17-20-9-21-27(17)16(10)28/h1-5,7-9H,6H2,(H,22,25)(H,19,20,21). The van der Waals surface area contributed by atoms with Crippen molar-refractivity contribution in [3.8, 4) is 0 Å². The first-order valence-electron chi connectivity index (χ1n) is 8.31. The zero-order chi connectivity index (χ0) is 19.1. The van der Waals surface area contributed by atoms with E-state index in [0.29, 0.717) is 33.7 Å². The van der Waals surface area contributed by atoms with Crippen LogP contribution in [0.4, 0.5) is 11.5 Å². The van der Waals surface area contributed by atoms with E-state index < -0.39 is 0 Å². The molecule has 0 fully saturated rings. The Balaban J connectivity index is 1.51. The Morgan fingerprint density at radius 3 is 2.96 bits per heavy atom. The summed E-state index contributed by atoms with van der Waals surface area (Å²) in [7, 11) is 0. The number of hydrogen-bond acceptors (Lipinski definition) is 7. The van der Waals surface area contributed by atoms with Gasteiger partial charge in [0, 0.05) is 28.9 Å². The smallest absolute Gasteiger partial charge is 0.277 e. The number of anilines is 2. The fourth-order valence-electron chi connectivity index (χ4n) is 2.85. The Bertz CT molecular complexity index is 1370. The highest BCUT2D eigenvalue weighted by Gasteiger charge is 2.13. The lowest BCUT2D eigenvalue weighted by molar-refractivity contribution is 0.815. The molecule has 4 aromatic heterocycles. The van der Waals surface area contributed by atoms with E-state index in [2.05, 4.69) is 35.7 Å². The molecular weight excluding hydrogens is 382 g/mol. The average Bonchev–Trinajstić information content (AvgIpc) is 3.32. The van der Waals surface area contributed by atoms with Crippen molar-refractivity contribution in [2.24, 2.45) is 0 Å². The van der Waals surface area contributed by atoms with Crippen LogP contribution in [0.15, 0.2) is 53.7 Å². The van der Waals surface area contributed by atoms with Gasteiger partial charge in [0.15, 0.2) is 17.3 Å². The number of fused-ring (bicyclic) bond motifs is 2. The van der Waals surface area contributed by atoms with Gasteiger partial charge in [0.2, 0.25) is 0 Å². The van der Waals surface area contributed by atoms with E-state index in [4.69, 9.17) is 11.6 Å². The largest absolute Gasteiger partial charge is 0.339 e. The van der Waals surface area contributed by atoms with Gasteiger partial charge in [0.1, 0.15) is 6.33 Å². The van der Waals surface area contributed by atoms with Gasteiger partial charge in [-0.1, -0.05) is 17.7 Å². The van der Waals surface area contributed by atoms with Crippen LogP contribution in [0.5, 0.6) is 0 Å². The first kappa shape index (κ1) is 16.4. The van der Waals surface area contributed by atoms with Crippen molar-refractivity contribution in [1.82, 2.24) is 39.4 Å². The van der Waals surface area contributed by atoms with Gasteiger partial charge in [-0.2, -0.15) is 9.03 Å². The molecule has 0 bridgehead atoms. The van der Waals surface area contributed by atoms with Crippen LogP contribution >= 0.6 is 11.6 Å². The van der Waals surface area contributed by atoms with E-state index in [1.165, 1.54) is 17.0 Å². The molecule has 4 heterocycles. The minimum atomic E-state index is -0.243. The quantitative estimate of drug-likeness (QED) is 0.478. The normalized spacial score (nSPS) is 11.3. The van der Waals surface area contributed by atoms with Crippen LogP contribution in [0.25, 0.3) is 11.4 Å². The predicted octanol–water partition coefficient (Wildman–Crippen LogP) is 1.84. The molecule has 0 spiro atoms. The number of aromatic nitrogens is 8. The van der Waals surface area contributed by atoms with Gasteiger partial charge in [-0.15, -0.1) is 15.3 Å². The summed E-state index contributed by atoms with van der Waals surface area (Å²) in [5, 5.41) is 19.3. The molecule has 0 aliphatic heterocycles. The van der Waals surface area contributed by atoms with E-state index in [9.17, 15) is 4.79 Å². The maximum absolute atomic E-state index is 12.5. The number of hydrogen-bond donors (Lipinski definition) is 2. The van der Waals surface area contributed by atoms with Crippen molar-refractivity contribution in [3.05, 3.63) is 75.7 Å². The molecule has 0 atom stereocenters. The molecule has 2 N–H and O–H groups in total. The van der Waals surface area contributed by atoms with Crippen molar-refractivity contribution in [3.63, 3.8) is 0 Å². The third-order valence-corrected chi connectivity index (χ3v) is 4.39. The van der Waals surface area contributed by atoms with Gasteiger partial charge in [0.25, 0.3) is 11.3 Å². The minimum absolute atomic E-state index is 0.225. The number of benzene rings is 1. The summed E-state index contributed by atoms with van der Waals surface area (Å²) in [4.78, 5) is 20.7. The maximum Gasteiger partial charge on any atom is 0.277 e. The summed E-state index contributed by atoms with van der Waals surface area (Å²) in [6, 6.07) is 10.9. The third kappa shape index (κ3) is 2.85. The molecule has 0 radical (unpaired) electrons. The second-order valence-corrected chi connectivity index (χ2v) is 6.46. The van der Waals surface area contributed by atoms with Crippen LogP contribution in [0, 0.1) is 0 Å². The Morgan fingerprint density at radius 1 is 1.14 bits per heavy atom. The molecule has 5 aromatic rings. The van der Waals surface area contributed by atoms with Crippen molar-refractivity contribution in [2.75, 3.05) is 5.32 Å². The lowest BCUT2D eigenvalue weighted by Crippen LogP contribution is -2.20. The molecule has 0 unspecified atom stereocenters. The Kier molecular flexibility index (Phi) is 3.76. The molecule has 28 heavy (non-hydrogen) atoms. The van der Waals surface area contributed by atoms with E-state index >= 15 is 0 Å². The van der Waals surface area contributed by atoms with Gasteiger partial charge >= 0.3 is 0 Å². The number of aromatic amines is 1. The summed E-state index contributed by atoms with van der Waals surface area (Å²) >= 11 is 6.02. The SMILES string of the molecule is O=c1c(Cc2nnc3ccc(Nc4cccc(Cl)c4)nn23)cnc2nc[nH]n12. The van der Waals surface area contributed by atoms with Crippen LogP contribution in [-0.4, -0.2) is 39.4 Å². The first-order chi connectivity index (χ1) is 13.7. The average molecular weight is 394 g/mol. The lowest BCUT2D eigenvalue weighted by atomic mass is 10.2. The van der Waals surface area contributed by atoms with Gasteiger partial charge in [-0.05, 0) is 30.3 Å². The van der Waals surface area contributed by atoms with Crippen LogP contribution in [0.1, 0.15) is 11.4 Å². The zero-order valence-electron chi connectivity index (χ0n) is 14.2. The molecule has 138 valence electrons. The Labute approximate surface area is 161 Å². The van der Waals surface area contributed by atoms with E-state index in [1.54, 1.807) is 28.8 Å². The summed E-state index contributed by atoms with van der Waals surface area (Å²) < 4.78 is 2.87. The van der Waals surface area contributed by atoms with Gasteiger partial charge < -0.3 is 5.32 Å². The van der Waals surface area contributed by atoms with Crippen LogP contribution in [0.3, 0.4) is 0 Å². The molecule has 0 aliphatic rings. The van der Waals surface area contributed by atoms with Gasteiger partial charge in [-0.25, -0.2) is 9.97 Å². The predicted molar refractivity (Wildman–Crippen MR) is 102 cm³/mol. The lowest BCUT2D eigenvalue weighted by Gasteiger charge is -2.06. The van der Waals surface area contributed by atoms with Crippen molar-refractivity contribution in [1.29, 1.82) is 0 Å². The molecule has 1 aromatic carbocycles. The van der Waals surface area contributed by atoms with Crippen molar-refractivity contribution >= 4 is 34.5 Å². The number of rotatable bonds is 4. The van der Waals surface area contributed by atoms with E-state index in [-0.39, 0.29) is 12.0 Å². The third-order valence-electron chi connectivity index (χ3n) is 4.15. The summed E-state index contributed by atoms with van der Waals surface area (Å²) in [6.45, 7) is 0. The maximum atomic E-state index is 12.5. The molecule has 0 amide bonds. The van der Waals surface area contributed by atoms with Gasteiger partial charge in [0.05, 0.1) is 0 Å². The molecular formula is C17H12ClN9O. The second-order valence-electron chi connectivity index (χ2n) is 6.03. The minimum Gasteiger partial charge on any atom is -0.339 e. The molecule has 0 saturated heterocycles. The second kappa shape index (κ2) is 6.43.